The molecule has 0 amide bonds. The number of aliphatic carboxylic acids is 1. The van der Waals surface area contributed by atoms with Crippen molar-refractivity contribution in [1.82, 2.24) is 0 Å². The Morgan fingerprint density at radius 3 is 2.74 bits per heavy atom. The molecule has 1 aliphatic rings. The molecule has 0 aromatic heterocycles. The van der Waals surface area contributed by atoms with E-state index in [9.17, 15) is 4.79 Å². The van der Waals surface area contributed by atoms with E-state index in [-0.39, 0.29) is 6.10 Å². The van der Waals surface area contributed by atoms with Crippen LogP contribution in [0.25, 0.3) is 0 Å². The third-order valence-electron chi connectivity index (χ3n) is 4.07. The van der Waals surface area contributed by atoms with E-state index in [0.717, 1.165) is 25.7 Å². The average Bonchev–Trinajstić information content (AvgIpc) is 2.52. The maximum Gasteiger partial charge on any atom is 0.327 e. The van der Waals surface area contributed by atoms with Gasteiger partial charge in [-0.2, -0.15) is 0 Å². The average molecular weight is 318 g/mol. The van der Waals surface area contributed by atoms with E-state index in [0.29, 0.717) is 12.5 Å². The molecule has 1 aromatic carbocycles. The number of carbonyl (C=O) groups is 1. The van der Waals surface area contributed by atoms with E-state index in [1.54, 1.807) is 6.08 Å². The summed E-state index contributed by atoms with van der Waals surface area (Å²) in [7, 11) is 0. The Morgan fingerprint density at radius 1 is 1.30 bits per heavy atom. The number of rotatable bonds is 7. The highest BCUT2D eigenvalue weighted by Gasteiger charge is 2.36. The monoisotopic (exact) mass is 318 g/mol. The van der Waals surface area contributed by atoms with Crippen LogP contribution in [0.1, 0.15) is 51.2 Å². The zero-order valence-corrected chi connectivity index (χ0v) is 13.9. The van der Waals surface area contributed by atoms with E-state index in [1.807, 2.05) is 32.0 Å². The lowest BCUT2D eigenvalue weighted by Gasteiger charge is -2.41. The van der Waals surface area contributed by atoms with Gasteiger partial charge >= 0.3 is 5.97 Å². The molecular weight excluding hydrogens is 292 g/mol. The Labute approximate surface area is 138 Å². The standard InChI is InChI=1S/C19H26O4/c1-19(2)22-14-16(12-6-3-4-9-13-17(20)21)18(23-19)15-10-7-5-8-11-15/h5,7-11,13,16,18H,3-4,6,12,14H2,1-2H3,(H,20,21). The van der Waals surface area contributed by atoms with Crippen molar-refractivity contribution in [2.75, 3.05) is 6.61 Å². The molecule has 126 valence electrons. The lowest BCUT2D eigenvalue weighted by Crippen LogP contribution is -2.41. The van der Waals surface area contributed by atoms with Gasteiger partial charge in [-0.05, 0) is 38.7 Å². The number of ether oxygens (including phenoxy) is 2. The molecule has 23 heavy (non-hydrogen) atoms. The summed E-state index contributed by atoms with van der Waals surface area (Å²) in [6.07, 6.45) is 6.79. The summed E-state index contributed by atoms with van der Waals surface area (Å²) in [4.78, 5) is 10.4. The largest absolute Gasteiger partial charge is 0.478 e. The second kappa shape index (κ2) is 8.27. The SMILES string of the molecule is CC1(C)OCC(CCCCC=CC(=O)O)C(c2ccccc2)O1. The van der Waals surface area contributed by atoms with Crippen molar-refractivity contribution in [2.45, 2.75) is 51.4 Å². The van der Waals surface area contributed by atoms with Gasteiger partial charge in [0.1, 0.15) is 0 Å². The Bertz CT molecular complexity index is 521. The van der Waals surface area contributed by atoms with Gasteiger partial charge in [-0.1, -0.05) is 42.8 Å². The fourth-order valence-electron chi connectivity index (χ4n) is 2.90. The molecule has 1 aromatic rings. The number of carboxylic acids is 1. The first kappa shape index (κ1) is 17.7. The van der Waals surface area contributed by atoms with Crippen LogP contribution in [0, 0.1) is 5.92 Å². The molecule has 0 bridgehead atoms. The van der Waals surface area contributed by atoms with Gasteiger partial charge in [-0.3, -0.25) is 0 Å². The van der Waals surface area contributed by atoms with Crippen molar-refractivity contribution in [3.8, 4) is 0 Å². The number of benzene rings is 1. The van der Waals surface area contributed by atoms with Gasteiger partial charge in [-0.25, -0.2) is 4.79 Å². The van der Waals surface area contributed by atoms with Crippen LogP contribution >= 0.6 is 0 Å². The first-order valence-corrected chi connectivity index (χ1v) is 8.24. The van der Waals surface area contributed by atoms with E-state index < -0.39 is 11.8 Å². The van der Waals surface area contributed by atoms with Gasteiger partial charge in [0.05, 0.1) is 12.7 Å². The summed E-state index contributed by atoms with van der Waals surface area (Å²) < 4.78 is 12.0. The maximum absolute atomic E-state index is 10.4. The predicted molar refractivity (Wildman–Crippen MR) is 89.0 cm³/mol. The Morgan fingerprint density at radius 2 is 2.04 bits per heavy atom. The molecular formula is C19H26O4. The minimum absolute atomic E-state index is 0.0505. The fourth-order valence-corrected chi connectivity index (χ4v) is 2.90. The fraction of sp³-hybridized carbons (Fsp3) is 0.526. The second-order valence-corrected chi connectivity index (χ2v) is 6.45. The molecule has 2 atom stereocenters. The van der Waals surface area contributed by atoms with Crippen LogP contribution in [-0.2, 0) is 14.3 Å². The van der Waals surface area contributed by atoms with Crippen molar-refractivity contribution < 1.29 is 19.4 Å². The van der Waals surface area contributed by atoms with Gasteiger partial charge in [0, 0.05) is 12.0 Å². The molecule has 0 saturated carbocycles. The Hall–Kier alpha value is -1.65. The van der Waals surface area contributed by atoms with Gasteiger partial charge < -0.3 is 14.6 Å². The lowest BCUT2D eigenvalue weighted by molar-refractivity contribution is -0.296. The van der Waals surface area contributed by atoms with Crippen LogP contribution in [0.3, 0.4) is 0 Å². The highest BCUT2D eigenvalue weighted by Crippen LogP contribution is 2.38. The van der Waals surface area contributed by atoms with Gasteiger partial charge in [0.15, 0.2) is 5.79 Å². The minimum Gasteiger partial charge on any atom is -0.478 e. The quantitative estimate of drug-likeness (QED) is 0.600. The summed E-state index contributed by atoms with van der Waals surface area (Å²) in [5, 5.41) is 8.56. The van der Waals surface area contributed by atoms with E-state index >= 15 is 0 Å². The van der Waals surface area contributed by atoms with Crippen LogP contribution in [0.15, 0.2) is 42.5 Å². The van der Waals surface area contributed by atoms with Crippen LogP contribution in [0.4, 0.5) is 0 Å². The summed E-state index contributed by atoms with van der Waals surface area (Å²) in [5.74, 6) is -1.11. The van der Waals surface area contributed by atoms with Crippen molar-refractivity contribution in [3.63, 3.8) is 0 Å². The predicted octanol–water partition coefficient (Wildman–Crippen LogP) is 4.33. The smallest absolute Gasteiger partial charge is 0.327 e. The molecule has 1 fully saturated rings. The number of carboxylic acid groups (broad SMARTS) is 1. The highest BCUT2D eigenvalue weighted by molar-refractivity contribution is 5.79. The van der Waals surface area contributed by atoms with E-state index in [1.165, 1.54) is 11.6 Å². The lowest BCUT2D eigenvalue weighted by atomic mass is 9.90. The molecule has 1 aliphatic heterocycles. The highest BCUT2D eigenvalue weighted by atomic mass is 16.7. The van der Waals surface area contributed by atoms with Crippen molar-refractivity contribution in [2.24, 2.45) is 5.92 Å². The summed E-state index contributed by atoms with van der Waals surface area (Å²) in [5.41, 5.74) is 1.19. The summed E-state index contributed by atoms with van der Waals surface area (Å²) >= 11 is 0. The van der Waals surface area contributed by atoms with Gasteiger partial charge in [0.2, 0.25) is 0 Å². The minimum atomic E-state index is -0.884. The molecule has 1 saturated heterocycles. The third-order valence-corrected chi connectivity index (χ3v) is 4.07. The van der Waals surface area contributed by atoms with Crippen LogP contribution in [0.2, 0.25) is 0 Å². The molecule has 2 unspecified atom stereocenters. The molecule has 0 spiro atoms. The molecule has 1 heterocycles. The second-order valence-electron chi connectivity index (χ2n) is 6.45. The molecule has 4 heteroatoms. The zero-order chi connectivity index (χ0) is 16.7. The van der Waals surface area contributed by atoms with Crippen molar-refractivity contribution >= 4 is 5.97 Å². The molecule has 1 N–H and O–H groups in total. The number of hydrogen-bond acceptors (Lipinski definition) is 3. The number of hydrogen-bond donors (Lipinski definition) is 1. The Kier molecular flexibility index (Phi) is 6.37. The number of allylic oxidation sites excluding steroid dienone is 1. The first-order chi connectivity index (χ1) is 11.0. The van der Waals surface area contributed by atoms with Crippen LogP contribution in [-0.4, -0.2) is 23.5 Å². The van der Waals surface area contributed by atoms with Crippen molar-refractivity contribution in [3.05, 3.63) is 48.0 Å². The topological polar surface area (TPSA) is 55.8 Å². The molecule has 0 aliphatic carbocycles. The van der Waals surface area contributed by atoms with E-state index in [4.69, 9.17) is 14.6 Å². The molecule has 4 nitrogen and oxygen atoms in total. The third kappa shape index (κ3) is 5.81. The maximum atomic E-state index is 10.4. The van der Waals surface area contributed by atoms with Gasteiger partial charge in [-0.15, -0.1) is 0 Å². The van der Waals surface area contributed by atoms with Crippen molar-refractivity contribution in [1.29, 1.82) is 0 Å². The summed E-state index contributed by atoms with van der Waals surface area (Å²) in [6.45, 7) is 4.60. The zero-order valence-electron chi connectivity index (χ0n) is 13.9. The van der Waals surface area contributed by atoms with Gasteiger partial charge in [0.25, 0.3) is 0 Å². The normalized spacial score (nSPS) is 23.9. The number of unbranched alkanes of at least 4 members (excludes halogenated alkanes) is 2. The summed E-state index contributed by atoms with van der Waals surface area (Å²) in [6, 6.07) is 10.3. The van der Waals surface area contributed by atoms with Crippen LogP contribution < -0.4 is 0 Å². The molecule has 2 rings (SSSR count). The first-order valence-electron chi connectivity index (χ1n) is 8.24. The van der Waals surface area contributed by atoms with E-state index in [2.05, 4.69) is 12.1 Å². The molecule has 0 radical (unpaired) electrons. The van der Waals surface area contributed by atoms with Crippen LogP contribution in [0.5, 0.6) is 0 Å². The Balaban J connectivity index is 1.89.